The lowest BCUT2D eigenvalue weighted by molar-refractivity contribution is -0.119. The molecule has 2 N–H and O–H groups in total. The molecule has 1 amide bonds. The molecule has 1 heterocycles. The fourth-order valence-electron chi connectivity index (χ4n) is 1.19. The maximum Gasteiger partial charge on any atom is 0.220 e. The Morgan fingerprint density at radius 1 is 1.62 bits per heavy atom. The van der Waals surface area contributed by atoms with Gasteiger partial charge >= 0.3 is 0 Å². The van der Waals surface area contributed by atoms with Crippen molar-refractivity contribution in [1.29, 1.82) is 0 Å². The maximum atomic E-state index is 10.8. The first-order valence-electron chi connectivity index (χ1n) is 4.46. The molecule has 13 heavy (non-hydrogen) atoms. The van der Waals surface area contributed by atoms with Crippen LogP contribution in [0, 0.1) is 0 Å². The van der Waals surface area contributed by atoms with E-state index in [4.69, 9.17) is 9.57 Å². The Morgan fingerprint density at radius 2 is 2.46 bits per heavy atom. The SMILES string of the molecule is COCCONCC1CCC(=O)N1. The molecule has 1 unspecified atom stereocenters. The predicted octanol–water partition coefficient (Wildman–Crippen LogP) is -0.567. The Morgan fingerprint density at radius 3 is 3.08 bits per heavy atom. The minimum atomic E-state index is 0.128. The fraction of sp³-hybridized carbons (Fsp3) is 0.875. The first kappa shape index (κ1) is 10.4. The summed E-state index contributed by atoms with van der Waals surface area (Å²) in [6, 6.07) is 0.218. The zero-order chi connectivity index (χ0) is 9.52. The van der Waals surface area contributed by atoms with Crippen LogP contribution in [0.5, 0.6) is 0 Å². The Bertz CT molecular complexity index is 163. The van der Waals surface area contributed by atoms with Crippen molar-refractivity contribution in [2.24, 2.45) is 0 Å². The highest BCUT2D eigenvalue weighted by molar-refractivity contribution is 5.78. The summed E-state index contributed by atoms with van der Waals surface area (Å²) in [7, 11) is 1.63. The highest BCUT2D eigenvalue weighted by Gasteiger charge is 2.19. The molecule has 76 valence electrons. The van der Waals surface area contributed by atoms with E-state index in [-0.39, 0.29) is 11.9 Å². The standard InChI is InChI=1S/C8H16N2O3/c1-12-4-5-13-9-6-7-2-3-8(11)10-7/h7,9H,2-6H2,1H3,(H,10,11). The summed E-state index contributed by atoms with van der Waals surface area (Å²) in [5, 5.41) is 2.83. The number of hydrogen-bond donors (Lipinski definition) is 2. The topological polar surface area (TPSA) is 59.6 Å². The van der Waals surface area contributed by atoms with Gasteiger partial charge in [0.1, 0.15) is 0 Å². The van der Waals surface area contributed by atoms with E-state index in [1.807, 2.05) is 0 Å². The van der Waals surface area contributed by atoms with Gasteiger partial charge in [0.05, 0.1) is 13.2 Å². The lowest BCUT2D eigenvalue weighted by atomic mass is 10.2. The average molecular weight is 188 g/mol. The van der Waals surface area contributed by atoms with Crippen LogP contribution in [0.1, 0.15) is 12.8 Å². The Labute approximate surface area is 77.7 Å². The maximum absolute atomic E-state index is 10.8. The van der Waals surface area contributed by atoms with Crippen molar-refractivity contribution in [3.05, 3.63) is 0 Å². The van der Waals surface area contributed by atoms with E-state index in [1.165, 1.54) is 0 Å². The predicted molar refractivity (Wildman–Crippen MR) is 47.0 cm³/mol. The number of amides is 1. The zero-order valence-electron chi connectivity index (χ0n) is 7.84. The van der Waals surface area contributed by atoms with E-state index in [1.54, 1.807) is 7.11 Å². The molecule has 1 aliphatic heterocycles. The molecule has 1 saturated heterocycles. The van der Waals surface area contributed by atoms with Crippen LogP contribution in [0.2, 0.25) is 0 Å². The number of carbonyl (C=O) groups excluding carboxylic acids is 1. The van der Waals surface area contributed by atoms with Crippen LogP contribution in [0.25, 0.3) is 0 Å². The van der Waals surface area contributed by atoms with Gasteiger partial charge < -0.3 is 10.1 Å². The third-order valence-electron chi connectivity index (χ3n) is 1.91. The van der Waals surface area contributed by atoms with E-state index in [9.17, 15) is 4.79 Å². The Hall–Kier alpha value is -0.650. The molecule has 0 saturated carbocycles. The molecule has 0 aromatic carbocycles. The highest BCUT2D eigenvalue weighted by atomic mass is 16.7. The number of rotatable bonds is 6. The third kappa shape index (κ3) is 4.21. The molecular weight excluding hydrogens is 172 g/mol. The van der Waals surface area contributed by atoms with E-state index < -0.39 is 0 Å². The molecule has 0 radical (unpaired) electrons. The van der Waals surface area contributed by atoms with Gasteiger partial charge in [0.15, 0.2) is 0 Å². The molecule has 1 aliphatic rings. The number of methoxy groups -OCH3 is 1. The van der Waals surface area contributed by atoms with Gasteiger partial charge in [-0.15, -0.1) is 0 Å². The van der Waals surface area contributed by atoms with Gasteiger partial charge in [-0.2, -0.15) is 0 Å². The number of hydroxylamine groups is 1. The van der Waals surface area contributed by atoms with Crippen molar-refractivity contribution in [3.63, 3.8) is 0 Å². The normalized spacial score (nSPS) is 21.9. The van der Waals surface area contributed by atoms with Crippen molar-refractivity contribution < 1.29 is 14.4 Å². The first-order valence-corrected chi connectivity index (χ1v) is 4.46. The minimum Gasteiger partial charge on any atom is -0.382 e. The number of nitrogens with one attached hydrogen (secondary N) is 2. The summed E-state index contributed by atoms with van der Waals surface area (Å²) in [6.45, 7) is 1.76. The number of hydrogen-bond acceptors (Lipinski definition) is 4. The lowest BCUT2D eigenvalue weighted by Gasteiger charge is -2.10. The molecule has 1 rings (SSSR count). The molecule has 1 atom stereocenters. The van der Waals surface area contributed by atoms with E-state index in [0.717, 1.165) is 6.42 Å². The van der Waals surface area contributed by atoms with Gasteiger partial charge in [0, 0.05) is 26.1 Å². The van der Waals surface area contributed by atoms with Gasteiger partial charge in [-0.1, -0.05) is 0 Å². The van der Waals surface area contributed by atoms with Crippen LogP contribution in [0.3, 0.4) is 0 Å². The van der Waals surface area contributed by atoms with Crippen molar-refractivity contribution in [2.75, 3.05) is 26.9 Å². The smallest absolute Gasteiger partial charge is 0.220 e. The third-order valence-corrected chi connectivity index (χ3v) is 1.91. The minimum absolute atomic E-state index is 0.128. The lowest BCUT2D eigenvalue weighted by Crippen LogP contribution is -2.36. The van der Waals surface area contributed by atoms with Crippen molar-refractivity contribution >= 4 is 5.91 Å². The van der Waals surface area contributed by atoms with Crippen LogP contribution in [-0.2, 0) is 14.4 Å². The van der Waals surface area contributed by atoms with E-state index in [2.05, 4.69) is 10.8 Å². The average Bonchev–Trinajstić information content (AvgIpc) is 2.51. The molecule has 0 aromatic rings. The number of ether oxygens (including phenoxy) is 1. The van der Waals surface area contributed by atoms with Crippen LogP contribution < -0.4 is 10.8 Å². The summed E-state index contributed by atoms with van der Waals surface area (Å²) in [4.78, 5) is 15.8. The van der Waals surface area contributed by atoms with Gasteiger partial charge in [-0.05, 0) is 6.42 Å². The second-order valence-electron chi connectivity index (χ2n) is 2.99. The Balaban J connectivity index is 1.91. The van der Waals surface area contributed by atoms with Gasteiger partial charge in [-0.3, -0.25) is 9.63 Å². The molecule has 1 fully saturated rings. The number of carbonyl (C=O) groups is 1. The quantitative estimate of drug-likeness (QED) is 0.433. The van der Waals surface area contributed by atoms with E-state index in [0.29, 0.717) is 26.2 Å². The molecule has 0 aromatic heterocycles. The fourth-order valence-corrected chi connectivity index (χ4v) is 1.19. The van der Waals surface area contributed by atoms with Gasteiger partial charge in [0.2, 0.25) is 5.91 Å². The van der Waals surface area contributed by atoms with Gasteiger partial charge in [-0.25, -0.2) is 5.48 Å². The summed E-state index contributed by atoms with van der Waals surface area (Å²) < 4.78 is 4.80. The van der Waals surface area contributed by atoms with Crippen molar-refractivity contribution in [2.45, 2.75) is 18.9 Å². The van der Waals surface area contributed by atoms with Crippen molar-refractivity contribution in [1.82, 2.24) is 10.8 Å². The van der Waals surface area contributed by atoms with Crippen LogP contribution >= 0.6 is 0 Å². The van der Waals surface area contributed by atoms with Crippen LogP contribution in [0.15, 0.2) is 0 Å². The monoisotopic (exact) mass is 188 g/mol. The van der Waals surface area contributed by atoms with Crippen LogP contribution in [-0.4, -0.2) is 38.8 Å². The van der Waals surface area contributed by atoms with Gasteiger partial charge in [0.25, 0.3) is 0 Å². The summed E-state index contributed by atoms with van der Waals surface area (Å²) >= 11 is 0. The van der Waals surface area contributed by atoms with Crippen molar-refractivity contribution in [3.8, 4) is 0 Å². The molecule has 0 spiro atoms. The summed E-state index contributed by atoms with van der Waals surface area (Å²) in [5.74, 6) is 0.128. The molecular formula is C8H16N2O3. The summed E-state index contributed by atoms with van der Waals surface area (Å²) in [6.07, 6.45) is 1.52. The largest absolute Gasteiger partial charge is 0.382 e. The second-order valence-corrected chi connectivity index (χ2v) is 2.99. The first-order chi connectivity index (χ1) is 6.33. The van der Waals surface area contributed by atoms with E-state index >= 15 is 0 Å². The molecule has 5 nitrogen and oxygen atoms in total. The molecule has 5 heteroatoms. The zero-order valence-corrected chi connectivity index (χ0v) is 7.84. The molecule has 0 bridgehead atoms. The molecule has 0 aliphatic carbocycles. The Kier molecular flexibility index (Phi) is 4.74. The highest BCUT2D eigenvalue weighted by Crippen LogP contribution is 2.04. The second kappa shape index (κ2) is 5.90. The summed E-state index contributed by atoms with van der Waals surface area (Å²) in [5.41, 5.74) is 2.79. The van der Waals surface area contributed by atoms with Crippen LogP contribution in [0.4, 0.5) is 0 Å².